The molecule has 1 heterocycles. The summed E-state index contributed by atoms with van der Waals surface area (Å²) in [6.07, 6.45) is 0.647. The van der Waals surface area contributed by atoms with Crippen LogP contribution < -0.4 is 5.32 Å². The van der Waals surface area contributed by atoms with Gasteiger partial charge in [-0.25, -0.2) is 4.79 Å². The molecule has 4 rings (SSSR count). The van der Waals surface area contributed by atoms with Gasteiger partial charge < -0.3 is 20.1 Å². The summed E-state index contributed by atoms with van der Waals surface area (Å²) in [6.45, 7) is 4.25. The number of amides is 2. The third kappa shape index (κ3) is 4.58. The highest BCUT2D eigenvalue weighted by molar-refractivity contribution is 5.86. The van der Waals surface area contributed by atoms with Crippen LogP contribution in [-0.2, 0) is 14.3 Å². The van der Waals surface area contributed by atoms with Gasteiger partial charge >= 0.3 is 12.1 Å². The number of aliphatic carboxylic acids is 1. The third-order valence-electron chi connectivity index (χ3n) is 6.85. The molecule has 174 valence electrons. The highest BCUT2D eigenvalue weighted by Gasteiger charge is 2.35. The molecule has 2 unspecified atom stereocenters. The first-order valence-corrected chi connectivity index (χ1v) is 11.6. The fourth-order valence-corrected chi connectivity index (χ4v) is 5.04. The van der Waals surface area contributed by atoms with Crippen LogP contribution in [0, 0.1) is 5.92 Å². The van der Waals surface area contributed by atoms with E-state index in [1.165, 1.54) is 0 Å². The maximum absolute atomic E-state index is 13.0. The van der Waals surface area contributed by atoms with Gasteiger partial charge in [0.1, 0.15) is 12.6 Å². The Labute approximate surface area is 193 Å². The zero-order chi connectivity index (χ0) is 23.5. The number of carboxylic acids is 1. The van der Waals surface area contributed by atoms with E-state index in [-0.39, 0.29) is 24.5 Å². The molecule has 1 saturated heterocycles. The molecule has 33 heavy (non-hydrogen) atoms. The number of hydrogen-bond donors (Lipinski definition) is 2. The van der Waals surface area contributed by atoms with E-state index in [4.69, 9.17) is 4.74 Å². The lowest BCUT2D eigenvalue weighted by atomic mass is 9.91. The Bertz CT molecular complexity index is 1010. The van der Waals surface area contributed by atoms with Crippen molar-refractivity contribution in [3.8, 4) is 11.1 Å². The van der Waals surface area contributed by atoms with E-state index in [0.717, 1.165) is 22.3 Å². The summed E-state index contributed by atoms with van der Waals surface area (Å²) in [4.78, 5) is 38.6. The largest absolute Gasteiger partial charge is 0.481 e. The van der Waals surface area contributed by atoms with Crippen LogP contribution in [0.5, 0.6) is 0 Å². The van der Waals surface area contributed by atoms with Crippen molar-refractivity contribution in [2.45, 2.75) is 51.1 Å². The molecule has 0 bridgehead atoms. The van der Waals surface area contributed by atoms with Crippen molar-refractivity contribution in [3.63, 3.8) is 0 Å². The van der Waals surface area contributed by atoms with Gasteiger partial charge in [-0.05, 0) is 48.4 Å². The predicted octanol–water partition coefficient (Wildman–Crippen LogP) is 4.02. The Morgan fingerprint density at radius 1 is 1.09 bits per heavy atom. The van der Waals surface area contributed by atoms with Crippen molar-refractivity contribution < 1.29 is 24.2 Å². The number of ether oxygens (including phenoxy) is 1. The van der Waals surface area contributed by atoms with Crippen LogP contribution in [0.2, 0.25) is 0 Å². The van der Waals surface area contributed by atoms with Gasteiger partial charge in [-0.1, -0.05) is 55.5 Å². The average Bonchev–Trinajstić information content (AvgIpc) is 3.14. The topological polar surface area (TPSA) is 95.9 Å². The number of benzene rings is 2. The second-order valence-corrected chi connectivity index (χ2v) is 8.87. The van der Waals surface area contributed by atoms with Crippen molar-refractivity contribution >= 4 is 18.0 Å². The number of carbonyl (C=O) groups is 3. The number of nitrogens with zero attached hydrogens (tertiary/aromatic N) is 1. The molecule has 2 amide bonds. The van der Waals surface area contributed by atoms with Crippen LogP contribution in [0.1, 0.15) is 50.2 Å². The maximum atomic E-state index is 13.0. The van der Waals surface area contributed by atoms with Gasteiger partial charge in [0.15, 0.2) is 0 Å². The summed E-state index contributed by atoms with van der Waals surface area (Å²) in [5.41, 5.74) is 4.57. The fraction of sp³-hybridized carbons (Fsp3) is 0.423. The number of hydrogen-bond acceptors (Lipinski definition) is 4. The predicted molar refractivity (Wildman–Crippen MR) is 124 cm³/mol. The first-order valence-electron chi connectivity index (χ1n) is 11.6. The van der Waals surface area contributed by atoms with Gasteiger partial charge in [0.25, 0.3) is 0 Å². The van der Waals surface area contributed by atoms with Gasteiger partial charge in [0.2, 0.25) is 5.91 Å². The molecule has 7 nitrogen and oxygen atoms in total. The Balaban J connectivity index is 1.37. The van der Waals surface area contributed by atoms with E-state index in [0.29, 0.717) is 25.8 Å². The minimum Gasteiger partial charge on any atom is -0.481 e. The van der Waals surface area contributed by atoms with E-state index >= 15 is 0 Å². The Hall–Kier alpha value is -3.35. The van der Waals surface area contributed by atoms with E-state index in [9.17, 15) is 19.5 Å². The highest BCUT2D eigenvalue weighted by Crippen LogP contribution is 2.44. The van der Waals surface area contributed by atoms with Crippen LogP contribution >= 0.6 is 0 Å². The van der Waals surface area contributed by atoms with Crippen LogP contribution in [0.15, 0.2) is 48.5 Å². The number of alkyl carbamates (subject to hydrolysis) is 1. The van der Waals surface area contributed by atoms with Crippen molar-refractivity contribution in [2.24, 2.45) is 5.92 Å². The lowest BCUT2D eigenvalue weighted by molar-refractivity contribution is -0.148. The molecular formula is C26H30N2O5. The van der Waals surface area contributed by atoms with Crippen molar-refractivity contribution in [1.82, 2.24) is 10.2 Å². The van der Waals surface area contributed by atoms with Gasteiger partial charge in [-0.15, -0.1) is 0 Å². The molecule has 1 aliphatic carbocycles. The number of piperidine rings is 1. The molecule has 1 fully saturated rings. The van der Waals surface area contributed by atoms with Crippen LogP contribution in [0.4, 0.5) is 4.79 Å². The fourth-order valence-electron chi connectivity index (χ4n) is 5.04. The molecule has 0 aromatic heterocycles. The van der Waals surface area contributed by atoms with Gasteiger partial charge in [-0.3, -0.25) is 9.59 Å². The van der Waals surface area contributed by atoms with Crippen molar-refractivity contribution in [2.75, 3.05) is 13.2 Å². The summed E-state index contributed by atoms with van der Waals surface area (Å²) in [6, 6.07) is 15.4. The monoisotopic (exact) mass is 450 g/mol. The Kier molecular flexibility index (Phi) is 6.67. The van der Waals surface area contributed by atoms with E-state index in [1.54, 1.807) is 4.90 Å². The van der Waals surface area contributed by atoms with Crippen molar-refractivity contribution in [3.05, 3.63) is 59.7 Å². The minimum atomic E-state index is -0.822. The first kappa shape index (κ1) is 22.8. The second-order valence-electron chi connectivity index (χ2n) is 8.87. The molecule has 2 aromatic carbocycles. The zero-order valence-electron chi connectivity index (χ0n) is 19.0. The first-order chi connectivity index (χ1) is 15.9. The number of rotatable bonds is 6. The Morgan fingerprint density at radius 3 is 2.24 bits per heavy atom. The van der Waals surface area contributed by atoms with Crippen molar-refractivity contribution in [1.29, 1.82) is 0 Å². The molecule has 0 radical (unpaired) electrons. The summed E-state index contributed by atoms with van der Waals surface area (Å²) >= 11 is 0. The SMILES string of the molecule is CC[C@@H](NC(=O)OCC1c2ccccc2-c2ccccc21)C(=O)N1CCC(C(=O)O)CC1C. The zero-order valence-corrected chi connectivity index (χ0v) is 19.0. The van der Waals surface area contributed by atoms with Crippen LogP contribution in [0.25, 0.3) is 11.1 Å². The number of nitrogens with one attached hydrogen (secondary N) is 1. The molecule has 2 aromatic rings. The van der Waals surface area contributed by atoms with Gasteiger partial charge in [-0.2, -0.15) is 0 Å². The lowest BCUT2D eigenvalue weighted by Gasteiger charge is -2.38. The van der Waals surface area contributed by atoms with Crippen LogP contribution in [-0.4, -0.2) is 53.2 Å². The van der Waals surface area contributed by atoms with Gasteiger partial charge in [0.05, 0.1) is 5.92 Å². The smallest absolute Gasteiger partial charge is 0.407 e. The second kappa shape index (κ2) is 9.65. The average molecular weight is 451 g/mol. The molecule has 0 saturated carbocycles. The van der Waals surface area contributed by atoms with Gasteiger partial charge in [0, 0.05) is 18.5 Å². The number of carboxylic acid groups (broad SMARTS) is 1. The third-order valence-corrected chi connectivity index (χ3v) is 6.85. The lowest BCUT2D eigenvalue weighted by Crippen LogP contribution is -2.54. The van der Waals surface area contributed by atoms with E-state index in [2.05, 4.69) is 29.6 Å². The number of fused-ring (bicyclic) bond motifs is 3. The number of carbonyl (C=O) groups excluding carboxylic acids is 2. The summed E-state index contributed by atoms with van der Waals surface area (Å²) < 4.78 is 5.59. The molecule has 1 aliphatic heterocycles. The summed E-state index contributed by atoms with van der Waals surface area (Å²) in [5, 5.41) is 12.0. The molecule has 3 atom stereocenters. The molecule has 0 spiro atoms. The number of likely N-dealkylation sites (tertiary alicyclic amines) is 1. The molecular weight excluding hydrogens is 420 g/mol. The molecule has 7 heteroatoms. The van der Waals surface area contributed by atoms with Crippen LogP contribution in [0.3, 0.4) is 0 Å². The standard InChI is InChI=1S/C26H30N2O5/c1-3-23(24(29)28-13-12-17(25(30)31)14-16(28)2)27-26(32)33-15-22-20-10-6-4-8-18(20)19-9-5-7-11-21(19)22/h4-11,16-17,22-23H,3,12-15H2,1-2H3,(H,27,32)(H,30,31)/t16?,17?,23-/m1/s1. The quantitative estimate of drug-likeness (QED) is 0.693. The molecule has 2 N–H and O–H groups in total. The minimum absolute atomic E-state index is 0.0472. The van der Waals surface area contributed by atoms with E-state index in [1.807, 2.05) is 38.1 Å². The molecule has 2 aliphatic rings. The summed E-state index contributed by atoms with van der Waals surface area (Å²) in [5.74, 6) is -1.49. The summed E-state index contributed by atoms with van der Waals surface area (Å²) in [7, 11) is 0. The van der Waals surface area contributed by atoms with E-state index < -0.39 is 24.0 Å². The maximum Gasteiger partial charge on any atom is 0.407 e. The highest BCUT2D eigenvalue weighted by atomic mass is 16.5. The Morgan fingerprint density at radius 2 is 1.70 bits per heavy atom. The normalized spacial score (nSPS) is 20.5.